The van der Waals surface area contributed by atoms with Gasteiger partial charge in [0.2, 0.25) is 0 Å². The summed E-state index contributed by atoms with van der Waals surface area (Å²) in [5, 5.41) is 0. The van der Waals surface area contributed by atoms with Gasteiger partial charge in [0.25, 0.3) is 0 Å². The second kappa shape index (κ2) is 7.63. The topological polar surface area (TPSA) is 29.5 Å². The Labute approximate surface area is 168 Å². The lowest BCUT2D eigenvalue weighted by atomic mass is 9.89. The van der Waals surface area contributed by atoms with Gasteiger partial charge in [-0.2, -0.15) is 0 Å². The van der Waals surface area contributed by atoms with E-state index in [1.807, 2.05) is 20.8 Å². The average Bonchev–Trinajstić information content (AvgIpc) is 2.59. The molecule has 1 atom stereocenters. The van der Waals surface area contributed by atoms with Crippen molar-refractivity contribution in [1.82, 2.24) is 0 Å². The number of halogens is 2. The molecule has 1 heterocycles. The van der Waals surface area contributed by atoms with E-state index in [1.165, 1.54) is 12.1 Å². The average molecular weight is 434 g/mol. The summed E-state index contributed by atoms with van der Waals surface area (Å²) in [7, 11) is 0. The van der Waals surface area contributed by atoms with Gasteiger partial charge < -0.3 is 4.74 Å². The van der Waals surface area contributed by atoms with Crippen molar-refractivity contribution in [3.8, 4) is 0 Å². The summed E-state index contributed by atoms with van der Waals surface area (Å²) in [5.41, 5.74) is 3.47. The van der Waals surface area contributed by atoms with Gasteiger partial charge in [-0.3, -0.25) is 4.90 Å². The number of rotatable bonds is 2. The van der Waals surface area contributed by atoms with Crippen LogP contribution in [0.25, 0.3) is 0 Å². The van der Waals surface area contributed by atoms with Crippen molar-refractivity contribution in [2.45, 2.75) is 58.6 Å². The third-order valence-electron chi connectivity index (χ3n) is 4.70. The SMILES string of the molecule is CCc1cc(Br)cc2c1N(C(=O)OC(C)(C)C)C(c1ccc(F)cc1)CC2. The van der Waals surface area contributed by atoms with E-state index in [0.29, 0.717) is 0 Å². The van der Waals surface area contributed by atoms with Gasteiger partial charge in [-0.1, -0.05) is 35.0 Å². The summed E-state index contributed by atoms with van der Waals surface area (Å²) < 4.78 is 20.2. The lowest BCUT2D eigenvalue weighted by Gasteiger charge is -2.39. The first kappa shape index (κ1) is 19.9. The molecule has 1 amide bonds. The second-order valence-corrected chi connectivity index (χ2v) is 8.80. The van der Waals surface area contributed by atoms with Crippen molar-refractivity contribution in [3.63, 3.8) is 0 Å². The van der Waals surface area contributed by atoms with Crippen LogP contribution in [0, 0.1) is 5.82 Å². The molecule has 1 aliphatic heterocycles. The van der Waals surface area contributed by atoms with Crippen LogP contribution in [0.5, 0.6) is 0 Å². The zero-order valence-corrected chi connectivity index (χ0v) is 17.8. The molecule has 27 heavy (non-hydrogen) atoms. The highest BCUT2D eigenvalue weighted by atomic mass is 79.9. The molecule has 0 saturated carbocycles. The van der Waals surface area contributed by atoms with Crippen molar-refractivity contribution in [1.29, 1.82) is 0 Å². The van der Waals surface area contributed by atoms with Crippen LogP contribution in [0.15, 0.2) is 40.9 Å². The minimum Gasteiger partial charge on any atom is -0.443 e. The van der Waals surface area contributed by atoms with Gasteiger partial charge in [-0.05, 0) is 81.0 Å². The number of carbonyl (C=O) groups excluding carboxylic acids is 1. The summed E-state index contributed by atoms with van der Waals surface area (Å²) in [4.78, 5) is 15.0. The van der Waals surface area contributed by atoms with Gasteiger partial charge >= 0.3 is 6.09 Å². The van der Waals surface area contributed by atoms with Gasteiger partial charge in [-0.25, -0.2) is 9.18 Å². The predicted molar refractivity (Wildman–Crippen MR) is 110 cm³/mol. The quantitative estimate of drug-likeness (QED) is 0.535. The van der Waals surface area contributed by atoms with Crippen molar-refractivity contribution >= 4 is 27.7 Å². The van der Waals surface area contributed by atoms with E-state index in [9.17, 15) is 9.18 Å². The summed E-state index contributed by atoms with van der Waals surface area (Å²) in [6.45, 7) is 7.68. The van der Waals surface area contributed by atoms with Gasteiger partial charge in [0, 0.05) is 4.47 Å². The molecule has 0 saturated heterocycles. The fourth-order valence-corrected chi connectivity index (χ4v) is 4.15. The minimum absolute atomic E-state index is 0.181. The van der Waals surface area contributed by atoms with Crippen LogP contribution in [-0.2, 0) is 17.6 Å². The number of hydrogen-bond acceptors (Lipinski definition) is 2. The van der Waals surface area contributed by atoms with Crippen LogP contribution in [0.2, 0.25) is 0 Å². The van der Waals surface area contributed by atoms with E-state index in [-0.39, 0.29) is 18.0 Å². The van der Waals surface area contributed by atoms with E-state index in [2.05, 4.69) is 35.0 Å². The number of benzene rings is 2. The molecule has 0 N–H and O–H groups in total. The molecule has 5 heteroatoms. The zero-order valence-electron chi connectivity index (χ0n) is 16.2. The van der Waals surface area contributed by atoms with E-state index in [0.717, 1.165) is 46.1 Å². The molecular weight excluding hydrogens is 409 g/mol. The highest BCUT2D eigenvalue weighted by Crippen LogP contribution is 2.43. The second-order valence-electron chi connectivity index (χ2n) is 7.88. The number of anilines is 1. The maximum Gasteiger partial charge on any atom is 0.415 e. The molecule has 0 bridgehead atoms. The summed E-state index contributed by atoms with van der Waals surface area (Å²) in [6, 6.07) is 10.4. The van der Waals surface area contributed by atoms with E-state index in [4.69, 9.17) is 4.74 Å². The lowest BCUT2D eigenvalue weighted by Crippen LogP contribution is -2.42. The molecule has 3 rings (SSSR count). The Morgan fingerprint density at radius 3 is 2.52 bits per heavy atom. The molecule has 144 valence electrons. The third-order valence-corrected chi connectivity index (χ3v) is 5.16. The molecule has 0 spiro atoms. The normalized spacial score (nSPS) is 16.8. The number of fused-ring (bicyclic) bond motifs is 1. The van der Waals surface area contributed by atoms with Crippen LogP contribution in [-0.4, -0.2) is 11.7 Å². The maximum absolute atomic E-state index is 13.4. The summed E-state index contributed by atoms with van der Waals surface area (Å²) >= 11 is 3.58. The van der Waals surface area contributed by atoms with Gasteiger partial charge in [0.1, 0.15) is 11.4 Å². The standard InChI is InChI=1S/C22H25BrFNO2/c1-5-14-12-17(23)13-16-8-11-19(15-6-9-18(24)10-7-15)25(20(14)16)21(26)27-22(2,3)4/h6-7,9-10,12-13,19H,5,8,11H2,1-4H3. The van der Waals surface area contributed by atoms with Crippen molar-refractivity contribution in [2.24, 2.45) is 0 Å². The van der Waals surface area contributed by atoms with Crippen LogP contribution in [0.1, 0.15) is 56.8 Å². The molecule has 1 aliphatic rings. The van der Waals surface area contributed by atoms with E-state index >= 15 is 0 Å². The number of carbonyl (C=O) groups is 1. The molecule has 1 unspecified atom stereocenters. The molecule has 2 aromatic rings. The molecule has 3 nitrogen and oxygen atoms in total. The Bertz CT molecular complexity index is 825. The van der Waals surface area contributed by atoms with Crippen molar-refractivity contribution in [3.05, 3.63) is 63.4 Å². The third kappa shape index (κ3) is 4.34. The van der Waals surface area contributed by atoms with Crippen LogP contribution in [0.4, 0.5) is 14.9 Å². The Kier molecular flexibility index (Phi) is 5.61. The van der Waals surface area contributed by atoms with Gasteiger partial charge in [-0.15, -0.1) is 0 Å². The summed E-state index contributed by atoms with van der Waals surface area (Å²) in [5.74, 6) is -0.281. The monoisotopic (exact) mass is 433 g/mol. The maximum atomic E-state index is 13.4. The predicted octanol–water partition coefficient (Wildman–Crippen LogP) is 6.58. The fraction of sp³-hybridized carbons (Fsp3) is 0.409. The summed E-state index contributed by atoms with van der Waals surface area (Å²) in [6.07, 6.45) is 2.05. The smallest absolute Gasteiger partial charge is 0.415 e. The first-order valence-corrected chi connectivity index (χ1v) is 10.1. The Balaban J connectivity index is 2.13. The Hall–Kier alpha value is -1.88. The van der Waals surface area contributed by atoms with Crippen LogP contribution >= 0.6 is 15.9 Å². The van der Waals surface area contributed by atoms with Crippen LogP contribution < -0.4 is 4.90 Å². The zero-order chi connectivity index (χ0) is 19.8. The Morgan fingerprint density at radius 1 is 1.26 bits per heavy atom. The van der Waals surface area contributed by atoms with Crippen molar-refractivity contribution in [2.75, 3.05) is 4.90 Å². The number of nitrogens with zero attached hydrogens (tertiary/aromatic N) is 1. The molecule has 2 aromatic carbocycles. The minimum atomic E-state index is -0.593. The lowest BCUT2D eigenvalue weighted by molar-refractivity contribution is 0.0559. The van der Waals surface area contributed by atoms with E-state index < -0.39 is 5.60 Å². The Morgan fingerprint density at radius 2 is 1.93 bits per heavy atom. The number of hydrogen-bond donors (Lipinski definition) is 0. The van der Waals surface area contributed by atoms with Crippen molar-refractivity contribution < 1.29 is 13.9 Å². The molecule has 0 fully saturated rings. The molecule has 0 aliphatic carbocycles. The molecule has 0 radical (unpaired) electrons. The number of ether oxygens (including phenoxy) is 1. The molecular formula is C22H25BrFNO2. The largest absolute Gasteiger partial charge is 0.443 e. The fourth-order valence-electron chi connectivity index (χ4n) is 3.59. The number of amides is 1. The van der Waals surface area contributed by atoms with Gasteiger partial charge in [0.15, 0.2) is 0 Å². The van der Waals surface area contributed by atoms with E-state index in [1.54, 1.807) is 17.0 Å². The van der Waals surface area contributed by atoms with Crippen LogP contribution in [0.3, 0.4) is 0 Å². The highest BCUT2D eigenvalue weighted by molar-refractivity contribution is 9.10. The first-order chi connectivity index (χ1) is 12.7. The molecule has 0 aromatic heterocycles. The number of aryl methyl sites for hydroxylation is 2. The highest BCUT2D eigenvalue weighted by Gasteiger charge is 2.36. The first-order valence-electron chi connectivity index (χ1n) is 9.28. The van der Waals surface area contributed by atoms with Gasteiger partial charge in [0.05, 0.1) is 11.7 Å².